The number of benzene rings is 1. The molecule has 0 aliphatic heterocycles. The van der Waals surface area contributed by atoms with Gasteiger partial charge in [0.15, 0.2) is 5.82 Å². The maximum atomic E-state index is 13.9. The number of nitrogen functional groups attached to an aromatic ring is 1. The third-order valence-corrected chi connectivity index (χ3v) is 5.76. The van der Waals surface area contributed by atoms with E-state index in [1.165, 1.54) is 6.07 Å². The Labute approximate surface area is 129 Å². The lowest BCUT2D eigenvalue weighted by atomic mass is 9.76. The van der Waals surface area contributed by atoms with Gasteiger partial charge in [-0.05, 0) is 45.5 Å². The van der Waals surface area contributed by atoms with Crippen LogP contribution in [0.25, 0.3) is 0 Å². The fraction of sp³-hybridized carbons (Fsp3) is 0.538. The molecule has 0 heterocycles. The van der Waals surface area contributed by atoms with Crippen molar-refractivity contribution in [3.63, 3.8) is 0 Å². The molecule has 1 aromatic rings. The summed E-state index contributed by atoms with van der Waals surface area (Å²) in [4.78, 5) is 1.49. The SMILES string of the molecule is CN(C)C1(CNS(=O)(=O)c2cc(Cl)cc(N)c2F)CCC1. The average Bonchev–Trinajstić information content (AvgIpc) is 2.31. The van der Waals surface area contributed by atoms with Crippen molar-refractivity contribution in [2.24, 2.45) is 0 Å². The number of hydrogen-bond donors (Lipinski definition) is 2. The summed E-state index contributed by atoms with van der Waals surface area (Å²) in [5.41, 5.74) is 4.94. The summed E-state index contributed by atoms with van der Waals surface area (Å²) in [5, 5.41) is 0.0836. The van der Waals surface area contributed by atoms with E-state index in [1.54, 1.807) is 0 Å². The highest BCUT2D eigenvalue weighted by Gasteiger charge is 2.40. The molecule has 0 aromatic heterocycles. The minimum Gasteiger partial charge on any atom is -0.396 e. The van der Waals surface area contributed by atoms with Crippen molar-refractivity contribution < 1.29 is 12.8 Å². The predicted molar refractivity (Wildman–Crippen MR) is 81.3 cm³/mol. The third-order valence-electron chi connectivity index (χ3n) is 4.15. The smallest absolute Gasteiger partial charge is 0.243 e. The highest BCUT2D eigenvalue weighted by atomic mass is 35.5. The zero-order chi connectivity index (χ0) is 15.8. The Morgan fingerprint density at radius 3 is 2.52 bits per heavy atom. The first-order chi connectivity index (χ1) is 9.68. The van der Waals surface area contributed by atoms with E-state index in [4.69, 9.17) is 17.3 Å². The van der Waals surface area contributed by atoms with E-state index in [0.717, 1.165) is 25.3 Å². The first-order valence-electron chi connectivity index (χ1n) is 6.60. The normalized spacial score (nSPS) is 17.8. The molecule has 1 fully saturated rings. The largest absolute Gasteiger partial charge is 0.396 e. The standard InChI is InChI=1S/C13H19ClFN3O2S/c1-18(2)13(4-3-5-13)8-17-21(19,20)11-7-9(14)6-10(16)12(11)15/h6-7,17H,3-5,8,16H2,1-2H3. The number of halogens is 2. The van der Waals surface area contributed by atoms with Crippen LogP contribution < -0.4 is 10.5 Å². The van der Waals surface area contributed by atoms with Gasteiger partial charge in [0.2, 0.25) is 10.0 Å². The Morgan fingerprint density at radius 1 is 1.43 bits per heavy atom. The van der Waals surface area contributed by atoms with Gasteiger partial charge >= 0.3 is 0 Å². The Hall–Kier alpha value is -0.890. The molecule has 5 nitrogen and oxygen atoms in total. The lowest BCUT2D eigenvalue weighted by Crippen LogP contribution is -2.57. The van der Waals surface area contributed by atoms with Gasteiger partial charge in [-0.25, -0.2) is 17.5 Å². The van der Waals surface area contributed by atoms with E-state index in [9.17, 15) is 12.8 Å². The molecule has 3 N–H and O–H groups in total. The van der Waals surface area contributed by atoms with Crippen molar-refractivity contribution in [2.45, 2.75) is 29.7 Å². The van der Waals surface area contributed by atoms with Crippen LogP contribution in [0, 0.1) is 5.82 Å². The first kappa shape index (κ1) is 16.5. The van der Waals surface area contributed by atoms with Crippen molar-refractivity contribution in [1.82, 2.24) is 9.62 Å². The van der Waals surface area contributed by atoms with Crippen LogP contribution in [0.2, 0.25) is 5.02 Å². The summed E-state index contributed by atoms with van der Waals surface area (Å²) < 4.78 is 41.0. The van der Waals surface area contributed by atoms with Gasteiger partial charge < -0.3 is 10.6 Å². The number of sulfonamides is 1. The van der Waals surface area contributed by atoms with Gasteiger partial charge in [0.25, 0.3) is 0 Å². The summed E-state index contributed by atoms with van der Waals surface area (Å²) in [6, 6.07) is 2.25. The molecule has 2 rings (SSSR count). The topological polar surface area (TPSA) is 75.4 Å². The molecule has 0 unspecified atom stereocenters. The summed E-state index contributed by atoms with van der Waals surface area (Å²) in [5.74, 6) is -0.973. The van der Waals surface area contributed by atoms with E-state index in [0.29, 0.717) is 0 Å². The maximum Gasteiger partial charge on any atom is 0.243 e. The highest BCUT2D eigenvalue weighted by molar-refractivity contribution is 7.89. The van der Waals surface area contributed by atoms with Crippen molar-refractivity contribution in [3.05, 3.63) is 23.0 Å². The van der Waals surface area contributed by atoms with Crippen molar-refractivity contribution >= 4 is 27.3 Å². The van der Waals surface area contributed by atoms with Crippen molar-refractivity contribution in [2.75, 3.05) is 26.4 Å². The van der Waals surface area contributed by atoms with Gasteiger partial charge in [0.05, 0.1) is 5.69 Å². The molecule has 1 saturated carbocycles. The fourth-order valence-electron chi connectivity index (χ4n) is 2.45. The Kier molecular flexibility index (Phi) is 4.49. The second kappa shape index (κ2) is 5.72. The predicted octanol–water partition coefficient (Wildman–Crippen LogP) is 1.82. The minimum atomic E-state index is -3.99. The second-order valence-corrected chi connectivity index (χ2v) is 7.78. The number of nitrogens with two attached hydrogens (primary N) is 1. The van der Waals surface area contributed by atoms with Crippen LogP contribution in [0.3, 0.4) is 0 Å². The number of anilines is 1. The number of nitrogens with zero attached hydrogens (tertiary/aromatic N) is 1. The first-order valence-corrected chi connectivity index (χ1v) is 8.46. The van der Waals surface area contributed by atoms with Crippen molar-refractivity contribution in [1.29, 1.82) is 0 Å². The lowest BCUT2D eigenvalue weighted by molar-refractivity contribution is 0.0656. The van der Waals surface area contributed by atoms with Gasteiger partial charge in [0, 0.05) is 17.1 Å². The van der Waals surface area contributed by atoms with E-state index in [1.807, 2.05) is 19.0 Å². The molecule has 0 saturated heterocycles. The molecule has 21 heavy (non-hydrogen) atoms. The molecule has 1 aliphatic rings. The van der Waals surface area contributed by atoms with E-state index >= 15 is 0 Å². The van der Waals surface area contributed by atoms with Crippen LogP contribution in [0.5, 0.6) is 0 Å². The molecule has 0 atom stereocenters. The fourth-order valence-corrected chi connectivity index (χ4v) is 4.00. The zero-order valence-electron chi connectivity index (χ0n) is 12.0. The van der Waals surface area contributed by atoms with Gasteiger partial charge in [0.1, 0.15) is 4.90 Å². The Bertz CT molecular complexity index is 645. The molecule has 1 aliphatic carbocycles. The van der Waals surface area contributed by atoms with E-state index < -0.39 is 20.7 Å². The molecule has 0 amide bonds. The molecule has 0 spiro atoms. The van der Waals surface area contributed by atoms with Crippen LogP contribution >= 0.6 is 11.6 Å². The van der Waals surface area contributed by atoms with Crippen LogP contribution in [0.4, 0.5) is 10.1 Å². The monoisotopic (exact) mass is 335 g/mol. The maximum absolute atomic E-state index is 13.9. The molecule has 0 radical (unpaired) electrons. The van der Waals surface area contributed by atoms with Crippen LogP contribution in [-0.2, 0) is 10.0 Å². The summed E-state index contributed by atoms with van der Waals surface area (Å²) >= 11 is 5.76. The summed E-state index contributed by atoms with van der Waals surface area (Å²) in [6.45, 7) is 0.230. The van der Waals surface area contributed by atoms with Crippen LogP contribution in [0.15, 0.2) is 17.0 Å². The van der Waals surface area contributed by atoms with Gasteiger partial charge in [-0.15, -0.1) is 0 Å². The molecule has 0 bridgehead atoms. The van der Waals surface area contributed by atoms with Gasteiger partial charge in [-0.2, -0.15) is 0 Å². The quantitative estimate of drug-likeness (QED) is 0.805. The number of hydrogen-bond acceptors (Lipinski definition) is 4. The minimum absolute atomic E-state index is 0.0836. The number of likely N-dealkylation sites (N-methyl/N-ethyl adjacent to an activating group) is 1. The molecular weight excluding hydrogens is 317 g/mol. The summed E-state index contributed by atoms with van der Waals surface area (Å²) in [7, 11) is -0.179. The number of rotatable bonds is 5. The zero-order valence-corrected chi connectivity index (χ0v) is 13.6. The van der Waals surface area contributed by atoms with Crippen LogP contribution in [-0.4, -0.2) is 39.5 Å². The van der Waals surface area contributed by atoms with Gasteiger partial charge in [-0.3, -0.25) is 0 Å². The second-order valence-electron chi connectivity index (χ2n) is 5.60. The molecule has 8 heteroatoms. The average molecular weight is 336 g/mol. The van der Waals surface area contributed by atoms with E-state index in [-0.39, 0.29) is 22.8 Å². The van der Waals surface area contributed by atoms with Crippen molar-refractivity contribution in [3.8, 4) is 0 Å². The van der Waals surface area contributed by atoms with Gasteiger partial charge in [-0.1, -0.05) is 11.6 Å². The summed E-state index contributed by atoms with van der Waals surface area (Å²) in [6.07, 6.45) is 2.86. The third kappa shape index (κ3) is 3.15. The van der Waals surface area contributed by atoms with E-state index in [2.05, 4.69) is 4.72 Å². The van der Waals surface area contributed by atoms with Crippen LogP contribution in [0.1, 0.15) is 19.3 Å². The highest BCUT2D eigenvalue weighted by Crippen LogP contribution is 2.36. The Morgan fingerprint density at radius 2 is 2.05 bits per heavy atom. The number of nitrogens with one attached hydrogen (secondary N) is 1. The molecular formula is C13H19ClFN3O2S. The lowest BCUT2D eigenvalue weighted by Gasteiger charge is -2.47. The molecule has 1 aromatic carbocycles. The molecule has 118 valence electrons. The Balaban J connectivity index is 2.24.